The van der Waals surface area contributed by atoms with E-state index in [2.05, 4.69) is 28.9 Å². The Morgan fingerprint density at radius 3 is 2.71 bits per heavy atom. The maximum atomic E-state index is 12.4. The summed E-state index contributed by atoms with van der Waals surface area (Å²) < 4.78 is 0. The normalized spacial score (nSPS) is 19.4. The quantitative estimate of drug-likeness (QED) is 0.899. The van der Waals surface area contributed by atoms with E-state index < -0.39 is 0 Å². The van der Waals surface area contributed by atoms with E-state index in [1.54, 1.807) is 0 Å². The lowest BCUT2D eigenvalue weighted by atomic mass is 10.1. The number of hydrogen-bond acceptors (Lipinski definition) is 3. The number of hydrogen-bond donors (Lipinski definition) is 1. The molecule has 21 heavy (non-hydrogen) atoms. The van der Waals surface area contributed by atoms with Gasteiger partial charge in [0.15, 0.2) is 0 Å². The summed E-state index contributed by atoms with van der Waals surface area (Å²) >= 11 is 0. The summed E-state index contributed by atoms with van der Waals surface area (Å²) in [5.74, 6) is 0.790. The Balaban J connectivity index is 1.86. The zero-order valence-electron chi connectivity index (χ0n) is 13.9. The minimum absolute atomic E-state index is 0.186. The lowest BCUT2D eigenvalue weighted by Crippen LogP contribution is -2.35. The van der Waals surface area contributed by atoms with Gasteiger partial charge in [-0.2, -0.15) is 5.10 Å². The lowest BCUT2D eigenvalue weighted by Gasteiger charge is -2.23. The molecule has 1 fully saturated rings. The summed E-state index contributed by atoms with van der Waals surface area (Å²) in [5, 5.41) is 7.10. The van der Waals surface area contributed by atoms with Crippen molar-refractivity contribution in [2.45, 2.75) is 46.6 Å². The fourth-order valence-corrected chi connectivity index (χ4v) is 3.09. The van der Waals surface area contributed by atoms with Crippen LogP contribution in [0.3, 0.4) is 0 Å². The molecule has 1 amide bonds. The van der Waals surface area contributed by atoms with Crippen molar-refractivity contribution in [1.82, 2.24) is 20.0 Å². The van der Waals surface area contributed by atoms with Gasteiger partial charge >= 0.3 is 0 Å². The number of amides is 1. The van der Waals surface area contributed by atoms with Crippen molar-refractivity contribution >= 4 is 5.91 Å². The highest BCUT2D eigenvalue weighted by atomic mass is 16.2. The molecule has 0 aliphatic carbocycles. The second-order valence-corrected chi connectivity index (χ2v) is 6.61. The first-order valence-corrected chi connectivity index (χ1v) is 7.87. The highest BCUT2D eigenvalue weighted by molar-refractivity contribution is 5.79. The zero-order valence-corrected chi connectivity index (χ0v) is 13.9. The van der Waals surface area contributed by atoms with E-state index in [0.717, 1.165) is 36.6 Å². The Morgan fingerprint density at radius 1 is 1.48 bits per heavy atom. The predicted molar refractivity (Wildman–Crippen MR) is 84.2 cm³/mol. The minimum Gasteiger partial charge on any atom is -0.345 e. The molecule has 0 spiro atoms. The Morgan fingerprint density at radius 2 is 2.19 bits per heavy atom. The molecule has 0 aromatic carbocycles. The van der Waals surface area contributed by atoms with Crippen LogP contribution in [0, 0.1) is 19.8 Å². The first-order valence-electron chi connectivity index (χ1n) is 7.87. The molecular weight excluding hydrogens is 264 g/mol. The van der Waals surface area contributed by atoms with Crippen LogP contribution in [0.1, 0.15) is 37.2 Å². The molecule has 0 radical (unpaired) electrons. The first kappa shape index (κ1) is 16.0. The summed E-state index contributed by atoms with van der Waals surface area (Å²) in [5.41, 5.74) is 2.98. The van der Waals surface area contributed by atoms with Crippen LogP contribution in [0.2, 0.25) is 0 Å². The van der Waals surface area contributed by atoms with Crippen molar-refractivity contribution in [3.05, 3.63) is 17.0 Å². The number of likely N-dealkylation sites (N-methyl/N-ethyl adjacent to an activating group) is 1. The van der Waals surface area contributed by atoms with E-state index in [1.807, 2.05) is 25.8 Å². The van der Waals surface area contributed by atoms with Gasteiger partial charge in [-0.25, -0.2) is 0 Å². The number of carbonyl (C=O) groups is 1. The van der Waals surface area contributed by atoms with Gasteiger partial charge in [-0.15, -0.1) is 0 Å². The Bertz CT molecular complexity index is 475. The monoisotopic (exact) mass is 292 g/mol. The average Bonchev–Trinajstić information content (AvgIpc) is 3.00. The van der Waals surface area contributed by atoms with Crippen molar-refractivity contribution in [2.24, 2.45) is 5.92 Å². The second kappa shape index (κ2) is 6.60. The number of rotatable bonds is 5. The summed E-state index contributed by atoms with van der Waals surface area (Å²) in [6.07, 6.45) is 1.64. The molecule has 2 heterocycles. The molecule has 1 aromatic rings. The molecule has 1 saturated heterocycles. The number of likely N-dealkylation sites (tertiary alicyclic amines) is 1. The topological polar surface area (TPSA) is 52.2 Å². The van der Waals surface area contributed by atoms with E-state index >= 15 is 0 Å². The molecule has 1 aliphatic heterocycles. The van der Waals surface area contributed by atoms with Crippen LogP contribution < -0.4 is 0 Å². The van der Waals surface area contributed by atoms with Crippen LogP contribution >= 0.6 is 0 Å². The number of nitrogens with zero attached hydrogens (tertiary/aromatic N) is 3. The van der Waals surface area contributed by atoms with Gasteiger partial charge in [0.05, 0.1) is 12.1 Å². The Kier molecular flexibility index (Phi) is 5.04. The molecule has 1 aliphatic rings. The lowest BCUT2D eigenvalue weighted by molar-refractivity contribution is -0.129. The Hall–Kier alpha value is -1.36. The number of aryl methyl sites for hydroxylation is 2. The molecule has 5 heteroatoms. The van der Waals surface area contributed by atoms with Gasteiger partial charge in [-0.1, -0.05) is 0 Å². The largest absolute Gasteiger partial charge is 0.345 e. The molecule has 118 valence electrons. The van der Waals surface area contributed by atoms with Crippen molar-refractivity contribution in [3.8, 4) is 0 Å². The van der Waals surface area contributed by atoms with E-state index in [1.165, 1.54) is 6.42 Å². The zero-order chi connectivity index (χ0) is 15.6. The van der Waals surface area contributed by atoms with Crippen LogP contribution in [-0.2, 0) is 11.2 Å². The van der Waals surface area contributed by atoms with Crippen LogP contribution in [0.25, 0.3) is 0 Å². The number of carbonyl (C=O) groups excluding carboxylic acids is 1. The fraction of sp³-hybridized carbons (Fsp3) is 0.750. The summed E-state index contributed by atoms with van der Waals surface area (Å²) in [7, 11) is 1.92. The maximum Gasteiger partial charge on any atom is 0.226 e. The van der Waals surface area contributed by atoms with E-state index in [0.29, 0.717) is 18.4 Å². The van der Waals surface area contributed by atoms with Crippen LogP contribution in [0.4, 0.5) is 0 Å². The average molecular weight is 292 g/mol. The van der Waals surface area contributed by atoms with Crippen molar-refractivity contribution in [2.75, 3.05) is 26.7 Å². The van der Waals surface area contributed by atoms with E-state index in [-0.39, 0.29) is 5.91 Å². The third-order valence-corrected chi connectivity index (χ3v) is 4.61. The third-order valence-electron chi connectivity index (χ3n) is 4.61. The van der Waals surface area contributed by atoms with Crippen molar-refractivity contribution in [1.29, 1.82) is 0 Å². The number of H-pyrrole nitrogens is 1. The van der Waals surface area contributed by atoms with Gasteiger partial charge in [-0.05, 0) is 46.6 Å². The fourth-order valence-electron chi connectivity index (χ4n) is 3.09. The van der Waals surface area contributed by atoms with Gasteiger partial charge in [0.2, 0.25) is 5.91 Å². The molecule has 0 bridgehead atoms. The van der Waals surface area contributed by atoms with Crippen LogP contribution in [-0.4, -0.2) is 58.6 Å². The summed E-state index contributed by atoms with van der Waals surface area (Å²) in [4.78, 5) is 16.8. The number of nitrogens with one attached hydrogen (secondary N) is 1. The second-order valence-electron chi connectivity index (χ2n) is 6.61. The molecule has 1 aromatic heterocycles. The molecule has 0 unspecified atom stereocenters. The third kappa shape index (κ3) is 3.84. The van der Waals surface area contributed by atoms with Gasteiger partial charge in [-0.3, -0.25) is 9.89 Å². The van der Waals surface area contributed by atoms with Crippen LogP contribution in [0.15, 0.2) is 0 Å². The number of aromatic nitrogens is 2. The smallest absolute Gasteiger partial charge is 0.226 e. The molecular formula is C16H28N4O. The van der Waals surface area contributed by atoms with Crippen LogP contribution in [0.5, 0.6) is 0 Å². The van der Waals surface area contributed by atoms with E-state index in [4.69, 9.17) is 0 Å². The SMILES string of the molecule is Cc1n[nH]c(C)c1CC(=O)N(C)C[C@H]1CCN(C(C)C)C1. The Labute approximate surface area is 127 Å². The minimum atomic E-state index is 0.186. The highest BCUT2D eigenvalue weighted by Crippen LogP contribution is 2.20. The van der Waals surface area contributed by atoms with Gasteiger partial charge in [0.1, 0.15) is 0 Å². The van der Waals surface area contributed by atoms with E-state index in [9.17, 15) is 4.79 Å². The van der Waals surface area contributed by atoms with Gasteiger partial charge in [0, 0.05) is 37.4 Å². The van der Waals surface area contributed by atoms with Gasteiger partial charge < -0.3 is 9.80 Å². The first-order chi connectivity index (χ1) is 9.88. The molecule has 0 saturated carbocycles. The predicted octanol–water partition coefficient (Wildman–Crippen LogP) is 1.76. The summed E-state index contributed by atoms with van der Waals surface area (Å²) in [6.45, 7) is 11.5. The summed E-state index contributed by atoms with van der Waals surface area (Å²) in [6, 6.07) is 0.604. The van der Waals surface area contributed by atoms with Crippen molar-refractivity contribution < 1.29 is 4.79 Å². The highest BCUT2D eigenvalue weighted by Gasteiger charge is 2.26. The van der Waals surface area contributed by atoms with Crippen molar-refractivity contribution in [3.63, 3.8) is 0 Å². The molecule has 2 rings (SSSR count). The molecule has 1 N–H and O–H groups in total. The standard InChI is InChI=1S/C16H28N4O/c1-11(2)20-7-6-14(10-20)9-19(5)16(21)8-15-12(3)17-18-13(15)4/h11,14H,6-10H2,1-5H3,(H,17,18)/t14-/m1/s1. The molecule has 1 atom stereocenters. The molecule has 5 nitrogen and oxygen atoms in total. The maximum absolute atomic E-state index is 12.4. The van der Waals surface area contributed by atoms with Gasteiger partial charge in [0.25, 0.3) is 0 Å². The number of aromatic amines is 1.